The van der Waals surface area contributed by atoms with Crippen LogP contribution < -0.4 is 15.4 Å². The number of Topliss-reactive ketones (excluding diaryl/α,β-unsaturated/α-hetero) is 1. The van der Waals surface area contributed by atoms with Gasteiger partial charge in [0.2, 0.25) is 11.8 Å². The van der Waals surface area contributed by atoms with Gasteiger partial charge in [-0.3, -0.25) is 37.7 Å². The van der Waals surface area contributed by atoms with Gasteiger partial charge in [0.1, 0.15) is 5.75 Å². The number of H-pyrrole nitrogens is 1. The molecule has 2 amide bonds. The average molecular weight is 1410 g/mol. The van der Waals surface area contributed by atoms with Crippen LogP contribution in [-0.2, 0) is 49.0 Å². The summed E-state index contributed by atoms with van der Waals surface area (Å²) in [6.07, 6.45) is 20.5. The van der Waals surface area contributed by atoms with Crippen molar-refractivity contribution in [2.75, 3.05) is 86.1 Å². The first-order valence-electron chi connectivity index (χ1n) is 30.5. The molecule has 0 saturated carbocycles. The lowest BCUT2D eigenvalue weighted by Gasteiger charge is -2.00. The van der Waals surface area contributed by atoms with E-state index in [9.17, 15) is 31.8 Å². The van der Waals surface area contributed by atoms with Gasteiger partial charge < -0.3 is 29.8 Å². The third kappa shape index (κ3) is 97.3. The molecule has 0 aliphatic heterocycles. The van der Waals surface area contributed by atoms with Crippen molar-refractivity contribution in [1.82, 2.24) is 15.6 Å². The Morgan fingerprint density at radius 3 is 1.37 bits per heavy atom. The number of nitriles is 1. The Kier molecular flexibility index (Phi) is 108. The first-order chi connectivity index (χ1) is 44.0. The Balaban J connectivity index is -0.000000102. The number of hydrogen-bond acceptors (Lipinski definition) is 16. The maximum absolute atomic E-state index is 11.0. The number of halogens is 1. The lowest BCUT2D eigenvalue weighted by Crippen LogP contribution is -2.22. The number of carbonyl (C=O) groups is 4. The minimum Gasteiger partial charge on any atom is -0.427 e. The molecule has 0 spiro atoms. The van der Waals surface area contributed by atoms with E-state index in [1.807, 2.05) is 113 Å². The fourth-order valence-electron chi connectivity index (χ4n) is 4.93. The molecule has 0 saturated heterocycles. The third-order valence-corrected chi connectivity index (χ3v) is 13.1. The molecule has 0 fully saturated rings. The van der Waals surface area contributed by atoms with Crippen LogP contribution in [0.5, 0.6) is 5.75 Å². The molecule has 18 nitrogen and oxygen atoms in total. The number of rotatable bonds is 21. The summed E-state index contributed by atoms with van der Waals surface area (Å²) in [5.41, 5.74) is 0.671. The Morgan fingerprint density at radius 2 is 1.11 bits per heavy atom. The lowest BCUT2D eigenvalue weighted by atomic mass is 10.2. The highest BCUT2D eigenvalue weighted by atomic mass is 35.5. The molecule has 0 bridgehead atoms. The van der Waals surface area contributed by atoms with Gasteiger partial charge >= 0.3 is 5.97 Å². The number of thioether (sulfide) groups is 2. The minimum atomic E-state index is -3.50. The quantitative estimate of drug-likeness (QED) is 0.00709. The second kappa shape index (κ2) is 92.5. The molecule has 3 N–H and O–H groups in total. The molecule has 5 rings (SSSR count). The Morgan fingerprint density at radius 1 is 0.667 bits per heavy atom. The highest BCUT2D eigenvalue weighted by Gasteiger charge is 2.10. The van der Waals surface area contributed by atoms with Crippen molar-refractivity contribution in [2.24, 2.45) is 0 Å². The van der Waals surface area contributed by atoms with Crippen molar-refractivity contribution >= 4 is 79.6 Å². The number of amides is 2. The molecule has 93 heavy (non-hydrogen) atoms. The van der Waals surface area contributed by atoms with Gasteiger partial charge in [0.15, 0.2) is 12.8 Å². The zero-order valence-electron chi connectivity index (χ0n) is 59.3. The number of unbranched alkanes of at least 4 members (excludes halogenated alkanes) is 4. The number of alkyl halides is 1. The highest BCUT2D eigenvalue weighted by Crippen LogP contribution is 2.12. The number of aromatic amines is 1. The van der Waals surface area contributed by atoms with E-state index in [0.29, 0.717) is 43.7 Å². The van der Waals surface area contributed by atoms with E-state index in [-0.39, 0.29) is 35.9 Å². The molecular weight excluding hydrogens is 1280 g/mol. The fourth-order valence-corrected chi connectivity index (χ4v) is 6.99. The summed E-state index contributed by atoms with van der Waals surface area (Å²) in [5, 5.41) is 22.5. The van der Waals surface area contributed by atoms with Crippen molar-refractivity contribution in [3.63, 3.8) is 0 Å². The van der Waals surface area contributed by atoms with Crippen molar-refractivity contribution in [2.45, 2.75) is 175 Å². The number of methoxy groups -OCH3 is 2. The molecule has 0 aliphatic carbocycles. The van der Waals surface area contributed by atoms with E-state index >= 15 is 0 Å². The van der Waals surface area contributed by atoms with Gasteiger partial charge in [-0.2, -0.15) is 25.4 Å². The zero-order chi connectivity index (χ0) is 72.5. The number of carbonyl (C=O) groups excluding carboxylic acids is 4. The van der Waals surface area contributed by atoms with Gasteiger partial charge in [-0.15, -0.1) is 23.4 Å². The number of ether oxygens (including phenoxy) is 3. The van der Waals surface area contributed by atoms with Gasteiger partial charge in [0, 0.05) is 118 Å². The Bertz CT molecular complexity index is 2440. The molecule has 0 unspecified atom stereocenters. The summed E-state index contributed by atoms with van der Waals surface area (Å²) in [5.74, 6) is 2.03. The molecular formula is C70H122ClN5O13S4. The zero-order valence-corrected chi connectivity index (χ0v) is 63.3. The summed E-state index contributed by atoms with van der Waals surface area (Å²) in [4.78, 5) is 55.9. The normalized spacial score (nSPS) is 8.99. The Hall–Kier alpha value is -5.90. The largest absolute Gasteiger partial charge is 0.427 e. The van der Waals surface area contributed by atoms with Crippen LogP contribution in [0, 0.1) is 21.4 Å². The average Bonchev–Trinajstić information content (AvgIpc) is 1.90. The van der Waals surface area contributed by atoms with E-state index in [1.54, 1.807) is 94.9 Å². The monoisotopic (exact) mass is 1400 g/mol. The van der Waals surface area contributed by atoms with Crippen molar-refractivity contribution in [3.05, 3.63) is 155 Å². The molecule has 4 aromatic carbocycles. The molecule has 1 heterocycles. The molecule has 0 aliphatic rings. The van der Waals surface area contributed by atoms with E-state index in [1.165, 1.54) is 61.8 Å². The number of ketones is 1. The summed E-state index contributed by atoms with van der Waals surface area (Å²) in [6.45, 7) is 24.1. The van der Waals surface area contributed by atoms with E-state index in [2.05, 4.69) is 94.5 Å². The lowest BCUT2D eigenvalue weighted by molar-refractivity contribution is -0.445. The van der Waals surface area contributed by atoms with Crippen LogP contribution in [0.1, 0.15) is 171 Å². The summed E-state index contributed by atoms with van der Waals surface area (Å²) >= 11 is 8.31. The predicted molar refractivity (Wildman–Crippen MR) is 399 cm³/mol. The highest BCUT2D eigenvalue weighted by molar-refractivity contribution is 7.98. The maximum atomic E-state index is 11.0. The third-order valence-electron chi connectivity index (χ3n) is 9.32. The van der Waals surface area contributed by atoms with Gasteiger partial charge in [-0.1, -0.05) is 169 Å². The van der Waals surface area contributed by atoms with Gasteiger partial charge in [-0.05, 0) is 111 Å². The first-order valence-corrected chi connectivity index (χ1v) is 36.9. The molecule has 0 radical (unpaired) electrons. The van der Waals surface area contributed by atoms with Crippen LogP contribution in [0.25, 0.3) is 0 Å². The maximum Gasteiger partial charge on any atom is 0.310 e. The standard InChI is InChI=1S/C9H10O2.C8H14N2O.C7H8O3S.C7H8OS.C7H8S.C6H7NO.C6H13NO.C5H12.C4H10O.C4H10S.C2H6O.C2H6.CH3Cl.CH3NO2.CH4/c1-2-9(10)11-8-6-4-3-5-7-8;1-2-8(11)10-7-5-3-4-6-9;1-10-11(8,9)7-5-3-2-4-6-7;1-9(8)7-5-3-2-4-6-7;1-8-7-5-3-2-4-6-7;1-5(8)6-3-2-4-7-6;1-3-5-7-6(8)4-2;1-3-5-4-2;2*1-3-4-5-2;1-3-2;2*1-2;1-2(3)4;/h3-7H,2H2,1H3;2-5,7H2,1H3,(H,10,11);2-6H,1H3;2-6H,1H3;2-6H,1H3;2-4,7H,1H3;3-5H2,1-2H3,(H,7,8);3-5H2,1-2H3;2*3-4H2,1-2H3;1-2H3;1-2H3;1H3;1H3;1H4/t;;;9-;;;;;;;;;;;/m...0.........../s1. The van der Waals surface area contributed by atoms with Crippen LogP contribution in [0.4, 0.5) is 0 Å². The number of nitrogens with zero attached hydrogens (tertiary/aromatic N) is 2. The molecule has 1 atom stereocenters. The number of esters is 1. The molecule has 536 valence electrons. The van der Waals surface area contributed by atoms with Crippen molar-refractivity contribution in [3.8, 4) is 11.8 Å². The van der Waals surface area contributed by atoms with E-state index < -0.39 is 25.8 Å². The molecule has 5 aromatic rings. The van der Waals surface area contributed by atoms with Crippen LogP contribution in [0.15, 0.2) is 154 Å². The topological polar surface area (TPSA) is 263 Å². The number of hydrogen-bond donors (Lipinski definition) is 3. The van der Waals surface area contributed by atoms with Gasteiger partial charge in [-0.25, -0.2) is 0 Å². The number of nitrogens with one attached hydrogen (secondary N) is 3. The van der Waals surface area contributed by atoms with Crippen molar-refractivity contribution in [1.29, 1.82) is 5.26 Å². The van der Waals surface area contributed by atoms with Crippen LogP contribution in [-0.4, -0.2) is 132 Å². The summed E-state index contributed by atoms with van der Waals surface area (Å²) in [6, 6.07) is 42.4. The fraction of sp³-hybridized carbons (Fsp3) is 0.529. The second-order valence-electron chi connectivity index (χ2n) is 17.2. The number of nitro groups is 1. The van der Waals surface area contributed by atoms with Crippen molar-refractivity contribution < 1.29 is 55.1 Å². The van der Waals surface area contributed by atoms with Crippen LogP contribution in [0.2, 0.25) is 0 Å². The van der Waals surface area contributed by atoms with E-state index in [0.717, 1.165) is 57.9 Å². The number of para-hydroxylation sites is 1. The van der Waals surface area contributed by atoms with Gasteiger partial charge in [0.25, 0.3) is 10.1 Å². The summed E-state index contributed by atoms with van der Waals surface area (Å²) in [7, 11) is 2.66. The smallest absolute Gasteiger partial charge is 0.310 e. The first kappa shape index (κ1) is 109. The number of aromatic nitrogens is 1. The second-order valence-corrected chi connectivity index (χ2v) is 22.2. The number of benzene rings is 4. The Labute approximate surface area is 580 Å². The molecule has 1 aromatic heterocycles. The van der Waals surface area contributed by atoms with E-state index in [4.69, 9.17) is 24.8 Å². The summed E-state index contributed by atoms with van der Waals surface area (Å²) < 4.78 is 50.9. The van der Waals surface area contributed by atoms with Gasteiger partial charge in [0.05, 0.1) is 23.8 Å². The molecule has 23 heteroatoms. The van der Waals surface area contributed by atoms with Crippen LogP contribution >= 0.6 is 35.1 Å². The minimum absolute atomic E-state index is 0. The SMILES string of the molecule is C.CC.CC(=O)c1ccc[nH]1.CCC(=O)NCCCCC#N.CCC(=O)Oc1ccccc1.CCCCC.CCCNC(=O)CC.CCCOC.CCCSC.CCl.COC.COS(=O)(=O)c1ccccc1.CSc1ccccc1.C[N+](=O)[O-].C[S@](=O)c1ccccc1. The predicted octanol–water partition coefficient (Wildman–Crippen LogP) is 17.9. The van der Waals surface area contributed by atoms with Crippen LogP contribution in [0.3, 0.4) is 0 Å².